The quantitative estimate of drug-likeness (QED) is 0.700. The largest absolute Gasteiger partial charge is 0.311 e. The predicted octanol–water partition coefficient (Wildman–Crippen LogP) is 4.83. The molecule has 1 aliphatic rings. The van der Waals surface area contributed by atoms with E-state index >= 15 is 0 Å². The van der Waals surface area contributed by atoms with Crippen LogP contribution >= 0.6 is 0 Å². The molecule has 2 rings (SSSR count). The number of hydrogen-bond acceptors (Lipinski definition) is 1. The molecule has 1 aliphatic carbocycles. The van der Waals surface area contributed by atoms with E-state index in [1.807, 2.05) is 0 Å². The smallest absolute Gasteiger partial charge is 0.0173 e. The van der Waals surface area contributed by atoms with Crippen LogP contribution in [0, 0.1) is 0 Å². The van der Waals surface area contributed by atoms with Crippen LogP contribution in [0.3, 0.4) is 0 Å². The molecule has 1 N–H and O–H groups in total. The van der Waals surface area contributed by atoms with E-state index in [-0.39, 0.29) is 5.41 Å². The van der Waals surface area contributed by atoms with Crippen molar-refractivity contribution < 1.29 is 0 Å². The van der Waals surface area contributed by atoms with Crippen LogP contribution in [0.4, 0.5) is 0 Å². The van der Waals surface area contributed by atoms with Crippen LogP contribution in [0.25, 0.3) is 0 Å². The molecular weight excluding hydrogens is 242 g/mol. The van der Waals surface area contributed by atoms with E-state index in [0.29, 0.717) is 6.04 Å². The lowest BCUT2D eigenvalue weighted by Gasteiger charge is -2.33. The van der Waals surface area contributed by atoms with Gasteiger partial charge in [0.2, 0.25) is 0 Å². The molecule has 1 atom stereocenters. The minimum Gasteiger partial charge on any atom is -0.311 e. The molecule has 1 heteroatoms. The average Bonchev–Trinajstić information content (AvgIpc) is 2.97. The van der Waals surface area contributed by atoms with Crippen molar-refractivity contribution in [2.24, 2.45) is 0 Å². The van der Waals surface area contributed by atoms with E-state index in [1.54, 1.807) is 0 Å². The van der Waals surface area contributed by atoms with Gasteiger partial charge in [-0.2, -0.15) is 0 Å². The van der Waals surface area contributed by atoms with Gasteiger partial charge in [-0.3, -0.25) is 0 Å². The van der Waals surface area contributed by atoms with Gasteiger partial charge in [0.15, 0.2) is 0 Å². The summed E-state index contributed by atoms with van der Waals surface area (Å²) in [5, 5.41) is 3.66. The van der Waals surface area contributed by atoms with E-state index in [9.17, 15) is 0 Å². The Bertz CT molecular complexity index is 415. The Labute approximate surface area is 124 Å². The van der Waals surface area contributed by atoms with Gasteiger partial charge in [-0.15, -0.1) is 0 Å². The molecule has 1 aromatic carbocycles. The zero-order valence-corrected chi connectivity index (χ0v) is 13.1. The highest BCUT2D eigenvalue weighted by Crippen LogP contribution is 2.45. The molecule has 0 spiro atoms. The van der Waals surface area contributed by atoms with Crippen molar-refractivity contribution in [1.82, 2.24) is 5.32 Å². The summed E-state index contributed by atoms with van der Waals surface area (Å²) in [5.74, 6) is 0. The van der Waals surface area contributed by atoms with Gasteiger partial charge in [-0.05, 0) is 31.7 Å². The van der Waals surface area contributed by atoms with E-state index in [2.05, 4.69) is 56.1 Å². The van der Waals surface area contributed by atoms with Gasteiger partial charge in [-0.25, -0.2) is 0 Å². The molecule has 20 heavy (non-hydrogen) atoms. The van der Waals surface area contributed by atoms with Gasteiger partial charge in [0.1, 0.15) is 0 Å². The SMILES string of the molecule is C=C(CNC(C)CCC)C1(c2ccccc2)CCCC1. The molecule has 0 saturated heterocycles. The molecule has 0 heterocycles. The molecule has 0 aliphatic heterocycles. The first-order valence-electron chi connectivity index (χ1n) is 8.16. The number of hydrogen-bond donors (Lipinski definition) is 1. The third-order valence-electron chi connectivity index (χ3n) is 4.85. The second-order valence-electron chi connectivity index (χ2n) is 6.33. The van der Waals surface area contributed by atoms with Gasteiger partial charge < -0.3 is 5.32 Å². The second kappa shape index (κ2) is 7.08. The van der Waals surface area contributed by atoms with Crippen molar-refractivity contribution in [3.63, 3.8) is 0 Å². The summed E-state index contributed by atoms with van der Waals surface area (Å²) in [6.45, 7) is 9.93. The molecule has 0 bridgehead atoms. The molecule has 0 radical (unpaired) electrons. The standard InChI is InChI=1S/C19H29N/c1-4-10-17(3)20-15-16(2)19(13-8-9-14-19)18-11-6-5-7-12-18/h5-7,11-12,17,20H,2,4,8-10,13-15H2,1,3H3. The Morgan fingerprint density at radius 2 is 1.90 bits per heavy atom. The molecule has 1 unspecified atom stereocenters. The summed E-state index contributed by atoms with van der Waals surface area (Å²) in [6.07, 6.45) is 7.67. The minimum absolute atomic E-state index is 0.222. The van der Waals surface area contributed by atoms with Gasteiger partial charge >= 0.3 is 0 Å². The normalized spacial score (nSPS) is 18.9. The first-order chi connectivity index (χ1) is 9.69. The Hall–Kier alpha value is -1.08. The Morgan fingerprint density at radius 1 is 1.25 bits per heavy atom. The first kappa shape index (κ1) is 15.3. The summed E-state index contributed by atoms with van der Waals surface area (Å²) >= 11 is 0. The van der Waals surface area contributed by atoms with Gasteiger partial charge in [0.25, 0.3) is 0 Å². The maximum atomic E-state index is 4.45. The summed E-state index contributed by atoms with van der Waals surface area (Å²) in [6, 6.07) is 11.6. The van der Waals surface area contributed by atoms with Crippen LogP contribution in [0.15, 0.2) is 42.5 Å². The molecule has 1 fully saturated rings. The third-order valence-corrected chi connectivity index (χ3v) is 4.85. The fraction of sp³-hybridized carbons (Fsp3) is 0.579. The molecule has 1 saturated carbocycles. The lowest BCUT2D eigenvalue weighted by atomic mass is 9.73. The minimum atomic E-state index is 0.222. The maximum absolute atomic E-state index is 4.45. The van der Waals surface area contributed by atoms with E-state index < -0.39 is 0 Å². The molecule has 110 valence electrons. The molecule has 1 nitrogen and oxygen atoms in total. The Balaban J connectivity index is 2.07. The average molecular weight is 271 g/mol. The van der Waals surface area contributed by atoms with Crippen molar-refractivity contribution in [2.75, 3.05) is 6.54 Å². The Kier molecular flexibility index (Phi) is 5.42. The van der Waals surface area contributed by atoms with Crippen LogP contribution in [0.5, 0.6) is 0 Å². The summed E-state index contributed by atoms with van der Waals surface area (Å²) < 4.78 is 0. The second-order valence-corrected chi connectivity index (χ2v) is 6.33. The van der Waals surface area contributed by atoms with Crippen LogP contribution in [-0.4, -0.2) is 12.6 Å². The van der Waals surface area contributed by atoms with Crippen molar-refractivity contribution in [3.8, 4) is 0 Å². The van der Waals surface area contributed by atoms with Crippen LogP contribution < -0.4 is 5.32 Å². The lowest BCUT2D eigenvalue weighted by Crippen LogP contribution is -2.35. The maximum Gasteiger partial charge on any atom is 0.0173 e. The van der Waals surface area contributed by atoms with Crippen LogP contribution in [0.2, 0.25) is 0 Å². The van der Waals surface area contributed by atoms with Crippen molar-refractivity contribution in [3.05, 3.63) is 48.0 Å². The number of benzene rings is 1. The van der Waals surface area contributed by atoms with Gasteiger partial charge in [0, 0.05) is 18.0 Å². The highest BCUT2D eigenvalue weighted by Gasteiger charge is 2.37. The zero-order valence-electron chi connectivity index (χ0n) is 13.1. The number of nitrogens with one attached hydrogen (secondary N) is 1. The summed E-state index contributed by atoms with van der Waals surface area (Å²) in [7, 11) is 0. The van der Waals surface area contributed by atoms with Crippen molar-refractivity contribution >= 4 is 0 Å². The highest BCUT2D eigenvalue weighted by molar-refractivity contribution is 5.37. The third kappa shape index (κ3) is 3.32. The molecule has 1 aromatic rings. The predicted molar refractivity (Wildman–Crippen MR) is 88.1 cm³/mol. The van der Waals surface area contributed by atoms with E-state index in [1.165, 1.54) is 49.7 Å². The lowest BCUT2D eigenvalue weighted by molar-refractivity contribution is 0.468. The Morgan fingerprint density at radius 3 is 2.50 bits per heavy atom. The summed E-state index contributed by atoms with van der Waals surface area (Å²) in [4.78, 5) is 0. The highest BCUT2D eigenvalue weighted by atomic mass is 14.9. The molecule has 0 aromatic heterocycles. The van der Waals surface area contributed by atoms with E-state index in [0.717, 1.165) is 6.54 Å². The monoisotopic (exact) mass is 271 g/mol. The van der Waals surface area contributed by atoms with Crippen LogP contribution in [-0.2, 0) is 5.41 Å². The van der Waals surface area contributed by atoms with Crippen molar-refractivity contribution in [1.29, 1.82) is 0 Å². The first-order valence-corrected chi connectivity index (χ1v) is 8.16. The molecular formula is C19H29N. The van der Waals surface area contributed by atoms with Gasteiger partial charge in [-0.1, -0.05) is 68.7 Å². The number of rotatable bonds is 7. The van der Waals surface area contributed by atoms with Crippen molar-refractivity contribution in [2.45, 2.75) is 63.8 Å². The fourth-order valence-electron chi connectivity index (χ4n) is 3.58. The van der Waals surface area contributed by atoms with Gasteiger partial charge in [0.05, 0.1) is 0 Å². The fourth-order valence-corrected chi connectivity index (χ4v) is 3.58. The van der Waals surface area contributed by atoms with Crippen LogP contribution in [0.1, 0.15) is 57.9 Å². The topological polar surface area (TPSA) is 12.0 Å². The summed E-state index contributed by atoms with van der Waals surface area (Å²) in [5.41, 5.74) is 3.07. The van der Waals surface area contributed by atoms with E-state index in [4.69, 9.17) is 0 Å². The zero-order chi connectivity index (χ0) is 14.4. The molecule has 0 amide bonds.